The minimum atomic E-state index is -0.567. The largest absolute Gasteiger partial charge is 0.387 e. The van der Waals surface area contributed by atoms with Gasteiger partial charge in [0.05, 0.1) is 11.3 Å². The molecule has 0 bridgehead atoms. The number of nitrogens with one attached hydrogen (secondary N) is 2. The molecular weight excluding hydrogens is 267 g/mol. The van der Waals surface area contributed by atoms with Crippen LogP contribution in [-0.2, 0) is 0 Å². The number of benzene rings is 2. The van der Waals surface area contributed by atoms with E-state index in [1.165, 1.54) is 12.1 Å². The zero-order valence-corrected chi connectivity index (χ0v) is 11.0. The molecule has 0 aliphatic heterocycles. The summed E-state index contributed by atoms with van der Waals surface area (Å²) < 4.78 is 13.6. The predicted molar refractivity (Wildman–Crippen MR) is 75.4 cm³/mol. The molecule has 0 radical (unpaired) electrons. The molecule has 2 N–H and O–H groups in total. The summed E-state index contributed by atoms with van der Waals surface area (Å²) in [4.78, 5) is 12.1. The van der Waals surface area contributed by atoms with Crippen LogP contribution in [-0.4, -0.2) is 13.0 Å². The van der Waals surface area contributed by atoms with Crippen LogP contribution in [0.25, 0.3) is 0 Å². The lowest BCUT2D eigenvalue weighted by Gasteiger charge is -2.10. The number of rotatable bonds is 3. The molecule has 0 saturated heterocycles. The van der Waals surface area contributed by atoms with E-state index in [1.807, 2.05) is 6.07 Å². The lowest BCUT2D eigenvalue weighted by molar-refractivity contribution is 0.102. The zero-order chi connectivity index (χ0) is 13.8. The number of hydrogen-bond acceptors (Lipinski definition) is 2. The van der Waals surface area contributed by atoms with Crippen LogP contribution in [0.2, 0.25) is 5.02 Å². The van der Waals surface area contributed by atoms with E-state index in [4.69, 9.17) is 11.6 Å². The van der Waals surface area contributed by atoms with Gasteiger partial charge < -0.3 is 10.6 Å². The Hall–Kier alpha value is -2.07. The molecule has 0 aromatic heterocycles. The van der Waals surface area contributed by atoms with Crippen LogP contribution < -0.4 is 10.6 Å². The quantitative estimate of drug-likeness (QED) is 0.897. The van der Waals surface area contributed by atoms with Crippen LogP contribution in [0.3, 0.4) is 0 Å². The van der Waals surface area contributed by atoms with Crippen molar-refractivity contribution in [3.05, 3.63) is 58.9 Å². The van der Waals surface area contributed by atoms with E-state index in [9.17, 15) is 9.18 Å². The molecule has 0 saturated carbocycles. The maximum absolute atomic E-state index is 13.6. The third-order valence-electron chi connectivity index (χ3n) is 2.62. The molecule has 2 aromatic carbocycles. The molecule has 0 atom stereocenters. The second-order valence-electron chi connectivity index (χ2n) is 3.87. The second-order valence-corrected chi connectivity index (χ2v) is 4.31. The van der Waals surface area contributed by atoms with Gasteiger partial charge in [-0.2, -0.15) is 0 Å². The maximum atomic E-state index is 13.6. The highest BCUT2D eigenvalue weighted by atomic mass is 35.5. The number of carbonyl (C=O) groups excluding carboxylic acids is 1. The molecule has 2 rings (SSSR count). The van der Waals surface area contributed by atoms with E-state index >= 15 is 0 Å². The van der Waals surface area contributed by atoms with Crippen molar-refractivity contribution >= 4 is 28.9 Å². The molecule has 0 aliphatic rings. The Morgan fingerprint density at radius 1 is 1.16 bits per heavy atom. The van der Waals surface area contributed by atoms with Crippen molar-refractivity contribution in [2.24, 2.45) is 0 Å². The van der Waals surface area contributed by atoms with Gasteiger partial charge in [0.2, 0.25) is 0 Å². The number of halogens is 2. The predicted octanol–water partition coefficient (Wildman–Crippen LogP) is 3.77. The molecular formula is C14H12ClFN2O. The molecule has 3 nitrogen and oxygen atoms in total. The highest BCUT2D eigenvalue weighted by molar-refractivity contribution is 6.30. The van der Waals surface area contributed by atoms with Gasteiger partial charge in [-0.05, 0) is 30.3 Å². The minimum Gasteiger partial charge on any atom is -0.387 e. The van der Waals surface area contributed by atoms with Crippen molar-refractivity contribution < 1.29 is 9.18 Å². The van der Waals surface area contributed by atoms with E-state index in [1.54, 1.807) is 25.2 Å². The number of para-hydroxylation sites is 1. The zero-order valence-electron chi connectivity index (χ0n) is 10.2. The molecule has 2 aromatic rings. The molecule has 1 amide bonds. The van der Waals surface area contributed by atoms with E-state index in [2.05, 4.69) is 10.6 Å². The lowest BCUT2D eigenvalue weighted by Crippen LogP contribution is -2.14. The Balaban J connectivity index is 2.26. The van der Waals surface area contributed by atoms with Crippen molar-refractivity contribution in [3.8, 4) is 0 Å². The first-order valence-electron chi connectivity index (χ1n) is 5.65. The monoisotopic (exact) mass is 278 g/mol. The van der Waals surface area contributed by atoms with Crippen molar-refractivity contribution in [2.75, 3.05) is 17.7 Å². The van der Waals surface area contributed by atoms with E-state index in [-0.39, 0.29) is 16.6 Å². The van der Waals surface area contributed by atoms with Gasteiger partial charge in [0.15, 0.2) is 0 Å². The van der Waals surface area contributed by atoms with E-state index in [0.717, 1.165) is 6.07 Å². The summed E-state index contributed by atoms with van der Waals surface area (Å²) in [6, 6.07) is 11.1. The Morgan fingerprint density at radius 3 is 2.58 bits per heavy atom. The SMILES string of the molecule is CNc1ccccc1C(=O)Nc1ccc(Cl)cc1F. The summed E-state index contributed by atoms with van der Waals surface area (Å²) in [5, 5.41) is 5.71. The Bertz CT molecular complexity index is 616. The van der Waals surface area contributed by atoms with Gasteiger partial charge in [-0.15, -0.1) is 0 Å². The van der Waals surface area contributed by atoms with Crippen LogP contribution in [0.4, 0.5) is 15.8 Å². The van der Waals surface area contributed by atoms with Gasteiger partial charge in [0.1, 0.15) is 5.82 Å². The number of carbonyl (C=O) groups is 1. The Labute approximate surface area is 115 Å². The first-order chi connectivity index (χ1) is 9.11. The summed E-state index contributed by atoms with van der Waals surface area (Å²) in [5.41, 5.74) is 1.22. The van der Waals surface area contributed by atoms with Gasteiger partial charge in [-0.3, -0.25) is 4.79 Å². The average Bonchev–Trinajstić information content (AvgIpc) is 2.41. The van der Waals surface area contributed by atoms with Crippen molar-refractivity contribution in [1.82, 2.24) is 0 Å². The second kappa shape index (κ2) is 5.71. The average molecular weight is 279 g/mol. The number of hydrogen-bond donors (Lipinski definition) is 2. The van der Waals surface area contributed by atoms with Crippen LogP contribution in [0.1, 0.15) is 10.4 Å². The van der Waals surface area contributed by atoms with Crippen LogP contribution in [0.5, 0.6) is 0 Å². The van der Waals surface area contributed by atoms with E-state index in [0.29, 0.717) is 11.3 Å². The fourth-order valence-electron chi connectivity index (χ4n) is 1.68. The number of anilines is 2. The molecule has 0 unspecified atom stereocenters. The normalized spacial score (nSPS) is 10.1. The summed E-state index contributed by atoms with van der Waals surface area (Å²) in [7, 11) is 1.72. The van der Waals surface area contributed by atoms with Crippen LogP contribution in [0.15, 0.2) is 42.5 Å². The van der Waals surface area contributed by atoms with Crippen LogP contribution >= 0.6 is 11.6 Å². The highest BCUT2D eigenvalue weighted by Gasteiger charge is 2.12. The Kier molecular flexibility index (Phi) is 4.02. The van der Waals surface area contributed by atoms with Gasteiger partial charge in [0, 0.05) is 17.8 Å². The summed E-state index contributed by atoms with van der Waals surface area (Å²) in [6.07, 6.45) is 0. The molecule has 0 aliphatic carbocycles. The third-order valence-corrected chi connectivity index (χ3v) is 2.86. The first-order valence-corrected chi connectivity index (χ1v) is 6.03. The first kappa shape index (κ1) is 13.4. The van der Waals surface area contributed by atoms with Crippen molar-refractivity contribution in [3.63, 3.8) is 0 Å². The Morgan fingerprint density at radius 2 is 1.89 bits per heavy atom. The molecule has 0 fully saturated rings. The van der Waals surface area contributed by atoms with Gasteiger partial charge >= 0.3 is 0 Å². The third kappa shape index (κ3) is 3.03. The van der Waals surface area contributed by atoms with E-state index < -0.39 is 5.82 Å². The van der Waals surface area contributed by atoms with Gasteiger partial charge in [-0.25, -0.2) is 4.39 Å². The topological polar surface area (TPSA) is 41.1 Å². The van der Waals surface area contributed by atoms with Gasteiger partial charge in [0.25, 0.3) is 5.91 Å². The smallest absolute Gasteiger partial charge is 0.257 e. The maximum Gasteiger partial charge on any atom is 0.257 e. The van der Waals surface area contributed by atoms with Gasteiger partial charge in [-0.1, -0.05) is 23.7 Å². The lowest BCUT2D eigenvalue weighted by atomic mass is 10.1. The standard InChI is InChI=1S/C14H12ClFN2O/c1-17-12-5-3-2-4-10(12)14(19)18-13-7-6-9(15)8-11(13)16/h2-8,17H,1H3,(H,18,19). The molecule has 0 heterocycles. The number of amides is 1. The molecule has 19 heavy (non-hydrogen) atoms. The molecule has 98 valence electrons. The minimum absolute atomic E-state index is 0.0975. The fraction of sp³-hybridized carbons (Fsp3) is 0.0714. The fourth-order valence-corrected chi connectivity index (χ4v) is 1.84. The van der Waals surface area contributed by atoms with Crippen molar-refractivity contribution in [1.29, 1.82) is 0 Å². The molecule has 5 heteroatoms. The summed E-state index contributed by atoms with van der Waals surface area (Å²) in [5.74, 6) is -0.950. The highest BCUT2D eigenvalue weighted by Crippen LogP contribution is 2.21. The van der Waals surface area contributed by atoms with Crippen molar-refractivity contribution in [2.45, 2.75) is 0 Å². The molecule has 0 spiro atoms. The summed E-state index contributed by atoms with van der Waals surface area (Å²) >= 11 is 5.66. The summed E-state index contributed by atoms with van der Waals surface area (Å²) in [6.45, 7) is 0. The van der Waals surface area contributed by atoms with Crippen LogP contribution in [0, 0.1) is 5.82 Å².